The van der Waals surface area contributed by atoms with Crippen LogP contribution in [-0.4, -0.2) is 32.2 Å². The number of rotatable bonds is 5. The van der Waals surface area contributed by atoms with Crippen molar-refractivity contribution in [3.8, 4) is 11.5 Å². The topological polar surface area (TPSA) is 121 Å². The zero-order chi connectivity index (χ0) is 17.0. The summed E-state index contributed by atoms with van der Waals surface area (Å²) in [7, 11) is -1.16. The Morgan fingerprint density at radius 1 is 1.09 bits per heavy atom. The molecule has 0 fully saturated rings. The average Bonchev–Trinajstić information content (AvgIpc) is 2.52. The van der Waals surface area contributed by atoms with E-state index in [0.717, 1.165) is 23.9 Å². The van der Waals surface area contributed by atoms with Gasteiger partial charge >= 0.3 is 0 Å². The summed E-state index contributed by atoms with van der Waals surface area (Å²) in [5.41, 5.74) is 1.11. The van der Waals surface area contributed by atoms with Gasteiger partial charge in [-0.05, 0) is 30.3 Å². The first-order valence-electron chi connectivity index (χ1n) is 6.43. The zero-order valence-corrected chi connectivity index (χ0v) is 13.2. The fourth-order valence-electron chi connectivity index (χ4n) is 1.77. The molecule has 0 aliphatic heterocycles. The van der Waals surface area contributed by atoms with E-state index in [1.165, 1.54) is 7.11 Å². The molecule has 0 aromatic heterocycles. The molecule has 0 heterocycles. The molecule has 8 nitrogen and oxygen atoms in total. The summed E-state index contributed by atoms with van der Waals surface area (Å²) in [5, 5.41) is 20.4. The van der Waals surface area contributed by atoms with Crippen LogP contribution in [0, 0.1) is 0 Å². The van der Waals surface area contributed by atoms with Crippen LogP contribution in [0.1, 0.15) is 0 Å². The van der Waals surface area contributed by atoms with Gasteiger partial charge in [0, 0.05) is 18.8 Å². The van der Waals surface area contributed by atoms with Crippen molar-refractivity contribution in [2.75, 3.05) is 19.5 Å². The average molecular weight is 337 g/mol. The van der Waals surface area contributed by atoms with E-state index in [9.17, 15) is 13.5 Å². The van der Waals surface area contributed by atoms with Gasteiger partial charge in [-0.25, -0.2) is 0 Å². The second kappa shape index (κ2) is 6.63. The molecule has 0 radical (unpaired) electrons. The standard InChI is InChI=1S/C14H15N3O5S/c1-15-9-3-5-11(14(7-9)22-2)16-17-12-8-10(23(19,20)21)4-6-13(12)18/h3-8,15,18H,1-2H3,(H,19,20,21). The van der Waals surface area contributed by atoms with E-state index in [2.05, 4.69) is 15.5 Å². The van der Waals surface area contributed by atoms with Crippen LogP contribution in [0.2, 0.25) is 0 Å². The lowest BCUT2D eigenvalue weighted by atomic mass is 10.2. The molecule has 0 saturated carbocycles. The molecule has 2 aromatic rings. The molecule has 0 amide bonds. The molecule has 2 aromatic carbocycles. The molecular formula is C14H15N3O5S. The third-order valence-corrected chi connectivity index (χ3v) is 3.83. The van der Waals surface area contributed by atoms with Crippen molar-refractivity contribution in [3.05, 3.63) is 36.4 Å². The minimum atomic E-state index is -4.39. The Hall–Kier alpha value is -2.65. The molecule has 0 unspecified atom stereocenters. The number of nitrogens with one attached hydrogen (secondary N) is 1. The van der Waals surface area contributed by atoms with Crippen LogP contribution >= 0.6 is 0 Å². The van der Waals surface area contributed by atoms with Gasteiger partial charge < -0.3 is 15.2 Å². The summed E-state index contributed by atoms with van der Waals surface area (Å²) >= 11 is 0. The SMILES string of the molecule is CNc1ccc(N=Nc2cc(S(=O)(=O)O)ccc2O)c(OC)c1. The Labute approximate surface area is 133 Å². The fraction of sp³-hybridized carbons (Fsp3) is 0.143. The maximum absolute atomic E-state index is 11.1. The summed E-state index contributed by atoms with van der Waals surface area (Å²) in [4.78, 5) is -0.387. The summed E-state index contributed by atoms with van der Waals surface area (Å²) in [6.45, 7) is 0. The van der Waals surface area contributed by atoms with Gasteiger partial charge in [-0.15, -0.1) is 10.2 Å². The van der Waals surface area contributed by atoms with Crippen molar-refractivity contribution >= 4 is 27.2 Å². The first kappa shape index (κ1) is 16.7. The fourth-order valence-corrected chi connectivity index (χ4v) is 2.27. The van der Waals surface area contributed by atoms with E-state index in [-0.39, 0.29) is 16.3 Å². The Kier molecular flexibility index (Phi) is 4.82. The van der Waals surface area contributed by atoms with E-state index >= 15 is 0 Å². The van der Waals surface area contributed by atoms with Crippen molar-refractivity contribution in [3.63, 3.8) is 0 Å². The maximum Gasteiger partial charge on any atom is 0.294 e. The number of aromatic hydroxyl groups is 1. The number of hydrogen-bond donors (Lipinski definition) is 3. The third-order valence-electron chi connectivity index (χ3n) is 2.98. The number of azo groups is 1. The molecule has 0 aliphatic rings. The number of phenolic OH excluding ortho intramolecular Hbond substituents is 1. The molecule has 0 atom stereocenters. The minimum Gasteiger partial charge on any atom is -0.506 e. The van der Waals surface area contributed by atoms with Gasteiger partial charge in [-0.3, -0.25) is 4.55 Å². The summed E-state index contributed by atoms with van der Waals surface area (Å²) < 4.78 is 36.4. The second-order valence-electron chi connectivity index (χ2n) is 4.46. The quantitative estimate of drug-likeness (QED) is 0.569. The largest absolute Gasteiger partial charge is 0.506 e. The Balaban J connectivity index is 2.41. The number of methoxy groups -OCH3 is 1. The van der Waals surface area contributed by atoms with Crippen molar-refractivity contribution < 1.29 is 22.8 Å². The molecule has 9 heteroatoms. The third kappa shape index (κ3) is 3.96. The summed E-state index contributed by atoms with van der Waals surface area (Å²) in [5.74, 6) is 0.179. The summed E-state index contributed by atoms with van der Waals surface area (Å²) in [6.07, 6.45) is 0. The molecule has 122 valence electrons. The van der Waals surface area contributed by atoms with Crippen LogP contribution < -0.4 is 10.1 Å². The highest BCUT2D eigenvalue weighted by atomic mass is 32.2. The van der Waals surface area contributed by atoms with E-state index in [1.54, 1.807) is 25.2 Å². The first-order chi connectivity index (χ1) is 10.8. The molecule has 2 rings (SSSR count). The predicted octanol–water partition coefficient (Wildman–Crippen LogP) is 3.10. The van der Waals surface area contributed by atoms with Crippen molar-refractivity contribution in [1.82, 2.24) is 0 Å². The highest BCUT2D eigenvalue weighted by Crippen LogP contribution is 2.34. The van der Waals surface area contributed by atoms with Gasteiger partial charge in [-0.2, -0.15) is 8.42 Å². The van der Waals surface area contributed by atoms with Crippen LogP contribution in [0.5, 0.6) is 11.5 Å². The highest BCUT2D eigenvalue weighted by Gasteiger charge is 2.12. The van der Waals surface area contributed by atoms with Gasteiger partial charge in [0.25, 0.3) is 10.1 Å². The smallest absolute Gasteiger partial charge is 0.294 e. The van der Waals surface area contributed by atoms with E-state index in [4.69, 9.17) is 9.29 Å². The Morgan fingerprint density at radius 3 is 2.39 bits per heavy atom. The monoisotopic (exact) mass is 337 g/mol. The van der Waals surface area contributed by atoms with Crippen LogP contribution in [-0.2, 0) is 10.1 Å². The molecule has 23 heavy (non-hydrogen) atoms. The van der Waals surface area contributed by atoms with Crippen LogP contribution in [0.4, 0.5) is 17.1 Å². The van der Waals surface area contributed by atoms with Gasteiger partial charge in [0.15, 0.2) is 0 Å². The van der Waals surface area contributed by atoms with Crippen molar-refractivity contribution in [1.29, 1.82) is 0 Å². The van der Waals surface area contributed by atoms with Gasteiger partial charge in [0.2, 0.25) is 0 Å². The van der Waals surface area contributed by atoms with Gasteiger partial charge in [-0.1, -0.05) is 0 Å². The molecule has 0 saturated heterocycles. The zero-order valence-electron chi connectivity index (χ0n) is 12.4. The second-order valence-corrected chi connectivity index (χ2v) is 5.88. The highest BCUT2D eigenvalue weighted by molar-refractivity contribution is 7.85. The number of anilines is 1. The van der Waals surface area contributed by atoms with Crippen LogP contribution in [0.15, 0.2) is 51.5 Å². The number of benzene rings is 2. The minimum absolute atomic E-state index is 0.0973. The lowest BCUT2D eigenvalue weighted by molar-refractivity contribution is 0.416. The van der Waals surface area contributed by atoms with E-state index in [0.29, 0.717) is 11.4 Å². The Morgan fingerprint density at radius 2 is 1.78 bits per heavy atom. The van der Waals surface area contributed by atoms with Crippen molar-refractivity contribution in [2.45, 2.75) is 4.90 Å². The van der Waals surface area contributed by atoms with Crippen molar-refractivity contribution in [2.24, 2.45) is 10.2 Å². The van der Waals surface area contributed by atoms with Crippen LogP contribution in [0.25, 0.3) is 0 Å². The van der Waals surface area contributed by atoms with E-state index < -0.39 is 10.1 Å². The maximum atomic E-state index is 11.1. The van der Waals surface area contributed by atoms with E-state index in [1.807, 2.05) is 0 Å². The number of ether oxygens (including phenoxy) is 1. The normalized spacial score (nSPS) is 11.6. The summed E-state index contributed by atoms with van der Waals surface area (Å²) in [6, 6.07) is 8.30. The number of phenols is 1. The van der Waals surface area contributed by atoms with Gasteiger partial charge in [0.05, 0.1) is 12.0 Å². The molecule has 0 aliphatic carbocycles. The number of nitrogens with zero attached hydrogens (tertiary/aromatic N) is 2. The van der Waals surface area contributed by atoms with Gasteiger partial charge in [0.1, 0.15) is 22.9 Å². The Bertz CT molecular complexity index is 849. The lowest BCUT2D eigenvalue weighted by Crippen LogP contribution is -1.96. The molecular weight excluding hydrogens is 322 g/mol. The lowest BCUT2D eigenvalue weighted by Gasteiger charge is -2.06. The van der Waals surface area contributed by atoms with Crippen LogP contribution in [0.3, 0.4) is 0 Å². The molecule has 0 spiro atoms. The predicted molar refractivity (Wildman–Crippen MR) is 84.6 cm³/mol. The first-order valence-corrected chi connectivity index (χ1v) is 7.87. The number of hydrogen-bond acceptors (Lipinski definition) is 7. The molecule has 3 N–H and O–H groups in total. The molecule has 0 bridgehead atoms.